The predicted molar refractivity (Wildman–Crippen MR) is 56.3 cm³/mol. The van der Waals surface area contributed by atoms with Crippen molar-refractivity contribution in [3.05, 3.63) is 34.9 Å². The third kappa shape index (κ3) is 2.54. The van der Waals surface area contributed by atoms with Crippen LogP contribution in [0.15, 0.2) is 12.1 Å². The molecule has 0 heterocycles. The van der Waals surface area contributed by atoms with E-state index < -0.39 is 11.6 Å². The Bertz CT molecular complexity index is 393. The van der Waals surface area contributed by atoms with E-state index in [1.165, 1.54) is 6.07 Å². The van der Waals surface area contributed by atoms with E-state index in [1.54, 1.807) is 14.0 Å². The fourth-order valence-corrected chi connectivity index (χ4v) is 1.43. The van der Waals surface area contributed by atoms with Gasteiger partial charge < -0.3 is 5.32 Å². The molecule has 1 rings (SSSR count). The second-order valence-corrected chi connectivity index (χ2v) is 3.37. The molecule has 1 aromatic carbocycles. The summed E-state index contributed by atoms with van der Waals surface area (Å²) in [6.07, 6.45) is 5.55. The Morgan fingerprint density at radius 3 is 2.60 bits per heavy atom. The average molecular weight is 209 g/mol. The summed E-state index contributed by atoms with van der Waals surface area (Å²) in [5.74, 6) is 1.36. The number of benzene rings is 1. The van der Waals surface area contributed by atoms with Gasteiger partial charge in [0.15, 0.2) is 0 Å². The van der Waals surface area contributed by atoms with Crippen LogP contribution < -0.4 is 5.32 Å². The van der Waals surface area contributed by atoms with Crippen molar-refractivity contribution in [2.45, 2.75) is 19.4 Å². The number of hydrogen-bond acceptors (Lipinski definition) is 1. The monoisotopic (exact) mass is 209 g/mol. The van der Waals surface area contributed by atoms with Gasteiger partial charge in [0.05, 0.1) is 0 Å². The highest BCUT2D eigenvalue weighted by atomic mass is 19.1. The van der Waals surface area contributed by atoms with Crippen molar-refractivity contribution in [2.75, 3.05) is 7.05 Å². The summed E-state index contributed by atoms with van der Waals surface area (Å²) in [6, 6.07) is 2.11. The summed E-state index contributed by atoms with van der Waals surface area (Å²) >= 11 is 0. The number of hydrogen-bond donors (Lipinski definition) is 1. The molecule has 0 amide bonds. The molecule has 0 bridgehead atoms. The zero-order valence-electron chi connectivity index (χ0n) is 8.77. The predicted octanol–water partition coefficient (Wildman–Crippen LogP) is 2.56. The molecule has 0 aliphatic carbocycles. The Balaban J connectivity index is 3.13. The number of terminal acetylenes is 1. The largest absolute Gasteiger partial charge is 0.312 e. The van der Waals surface area contributed by atoms with E-state index in [1.807, 2.05) is 0 Å². The van der Waals surface area contributed by atoms with Crippen LogP contribution in [-0.2, 0) is 0 Å². The van der Waals surface area contributed by atoms with Crippen LogP contribution >= 0.6 is 0 Å². The Morgan fingerprint density at radius 1 is 1.40 bits per heavy atom. The lowest BCUT2D eigenvalue weighted by Crippen LogP contribution is -2.17. The lowest BCUT2D eigenvalue weighted by atomic mass is 10.0. The van der Waals surface area contributed by atoms with Gasteiger partial charge in [-0.1, -0.05) is 0 Å². The third-order valence-corrected chi connectivity index (χ3v) is 2.32. The summed E-state index contributed by atoms with van der Waals surface area (Å²) in [5.41, 5.74) is 0.832. The van der Waals surface area contributed by atoms with Crippen molar-refractivity contribution in [3.8, 4) is 12.3 Å². The van der Waals surface area contributed by atoms with E-state index in [-0.39, 0.29) is 6.04 Å². The summed E-state index contributed by atoms with van der Waals surface area (Å²) in [5, 5.41) is 2.90. The minimum absolute atomic E-state index is 0.269. The van der Waals surface area contributed by atoms with Crippen LogP contribution in [0, 0.1) is 30.9 Å². The van der Waals surface area contributed by atoms with E-state index in [0.29, 0.717) is 17.5 Å². The molecule has 0 spiro atoms. The van der Waals surface area contributed by atoms with Gasteiger partial charge in [0, 0.05) is 24.1 Å². The number of halogens is 2. The minimum Gasteiger partial charge on any atom is -0.312 e. The first-order chi connectivity index (χ1) is 7.10. The maximum atomic E-state index is 13.4. The van der Waals surface area contributed by atoms with Gasteiger partial charge in [-0.2, -0.15) is 0 Å². The van der Waals surface area contributed by atoms with Crippen LogP contribution in [-0.4, -0.2) is 7.05 Å². The molecule has 3 heteroatoms. The van der Waals surface area contributed by atoms with Gasteiger partial charge in [-0.25, -0.2) is 8.78 Å². The molecule has 0 radical (unpaired) electrons. The lowest BCUT2D eigenvalue weighted by Gasteiger charge is -2.15. The maximum absolute atomic E-state index is 13.4. The molecule has 15 heavy (non-hydrogen) atoms. The fourth-order valence-electron chi connectivity index (χ4n) is 1.43. The molecule has 1 aromatic rings. The highest BCUT2D eigenvalue weighted by Crippen LogP contribution is 2.22. The first-order valence-electron chi connectivity index (χ1n) is 4.66. The molecule has 1 atom stereocenters. The number of rotatable bonds is 3. The van der Waals surface area contributed by atoms with E-state index >= 15 is 0 Å². The van der Waals surface area contributed by atoms with E-state index in [0.717, 1.165) is 6.07 Å². The van der Waals surface area contributed by atoms with Gasteiger partial charge in [0.1, 0.15) is 11.6 Å². The molecule has 1 nitrogen and oxygen atoms in total. The van der Waals surface area contributed by atoms with Crippen molar-refractivity contribution >= 4 is 0 Å². The molecule has 0 fully saturated rings. The van der Waals surface area contributed by atoms with Gasteiger partial charge >= 0.3 is 0 Å². The quantitative estimate of drug-likeness (QED) is 0.754. The van der Waals surface area contributed by atoms with Crippen LogP contribution in [0.4, 0.5) is 8.78 Å². The van der Waals surface area contributed by atoms with Gasteiger partial charge in [-0.3, -0.25) is 0 Å². The number of aryl methyl sites for hydroxylation is 1. The van der Waals surface area contributed by atoms with E-state index in [4.69, 9.17) is 6.42 Å². The van der Waals surface area contributed by atoms with E-state index in [9.17, 15) is 8.78 Å². The van der Waals surface area contributed by atoms with Crippen molar-refractivity contribution in [1.29, 1.82) is 0 Å². The van der Waals surface area contributed by atoms with Gasteiger partial charge in [-0.05, 0) is 25.6 Å². The fraction of sp³-hybridized carbons (Fsp3) is 0.333. The topological polar surface area (TPSA) is 12.0 Å². The summed E-state index contributed by atoms with van der Waals surface area (Å²) in [6.45, 7) is 1.60. The highest BCUT2D eigenvalue weighted by Gasteiger charge is 2.15. The highest BCUT2D eigenvalue weighted by molar-refractivity contribution is 5.29. The van der Waals surface area contributed by atoms with E-state index in [2.05, 4.69) is 11.2 Å². The zero-order chi connectivity index (χ0) is 11.4. The first-order valence-corrected chi connectivity index (χ1v) is 4.66. The van der Waals surface area contributed by atoms with Crippen LogP contribution in [0.1, 0.15) is 23.6 Å². The zero-order valence-corrected chi connectivity index (χ0v) is 8.77. The van der Waals surface area contributed by atoms with Crippen molar-refractivity contribution in [3.63, 3.8) is 0 Å². The second-order valence-electron chi connectivity index (χ2n) is 3.37. The summed E-state index contributed by atoms with van der Waals surface area (Å²) in [7, 11) is 1.69. The molecule has 0 saturated heterocycles. The molecule has 0 aliphatic heterocycles. The molecular weight excluding hydrogens is 196 g/mol. The molecule has 0 aliphatic rings. The summed E-state index contributed by atoms with van der Waals surface area (Å²) in [4.78, 5) is 0. The van der Waals surface area contributed by atoms with Crippen LogP contribution in [0.3, 0.4) is 0 Å². The Labute approximate surface area is 88.5 Å². The van der Waals surface area contributed by atoms with Gasteiger partial charge in [0.25, 0.3) is 0 Å². The Hall–Kier alpha value is -1.40. The van der Waals surface area contributed by atoms with Crippen LogP contribution in [0.2, 0.25) is 0 Å². The maximum Gasteiger partial charge on any atom is 0.130 e. The second kappa shape index (κ2) is 4.90. The standard InChI is InChI=1S/C12H13F2N/c1-4-5-12(15-3)9-6-8(2)10(13)7-11(9)14/h1,6-7,12,15H,5H2,2-3H3. The Kier molecular flexibility index (Phi) is 3.81. The third-order valence-electron chi connectivity index (χ3n) is 2.32. The van der Waals surface area contributed by atoms with Crippen LogP contribution in [0.25, 0.3) is 0 Å². The number of nitrogens with one attached hydrogen (secondary N) is 1. The van der Waals surface area contributed by atoms with Crippen molar-refractivity contribution in [1.82, 2.24) is 5.32 Å². The van der Waals surface area contributed by atoms with Gasteiger partial charge in [-0.15, -0.1) is 12.3 Å². The molecule has 0 saturated carbocycles. The molecule has 1 N–H and O–H groups in total. The molecule has 0 aromatic heterocycles. The molecular formula is C12H13F2N. The average Bonchev–Trinajstić information content (AvgIpc) is 2.20. The van der Waals surface area contributed by atoms with Gasteiger partial charge in [0.2, 0.25) is 0 Å². The van der Waals surface area contributed by atoms with Crippen molar-refractivity contribution < 1.29 is 8.78 Å². The molecule has 80 valence electrons. The first kappa shape index (κ1) is 11.7. The van der Waals surface area contributed by atoms with Crippen LogP contribution in [0.5, 0.6) is 0 Å². The smallest absolute Gasteiger partial charge is 0.130 e. The van der Waals surface area contributed by atoms with Crippen molar-refractivity contribution in [2.24, 2.45) is 0 Å². The minimum atomic E-state index is -0.562. The molecule has 1 unspecified atom stereocenters. The lowest BCUT2D eigenvalue weighted by molar-refractivity contribution is 0.526. The summed E-state index contributed by atoms with van der Waals surface area (Å²) < 4.78 is 26.5. The Morgan fingerprint density at radius 2 is 2.07 bits per heavy atom. The SMILES string of the molecule is C#CCC(NC)c1cc(C)c(F)cc1F. The normalized spacial score (nSPS) is 12.2.